The van der Waals surface area contributed by atoms with E-state index >= 15 is 0 Å². The van der Waals surface area contributed by atoms with Gasteiger partial charge < -0.3 is 14.8 Å². The number of ether oxygens (including phenoxy) is 2. The predicted octanol–water partition coefficient (Wildman–Crippen LogP) is 2.42. The monoisotopic (exact) mass is 343 g/mol. The summed E-state index contributed by atoms with van der Waals surface area (Å²) in [4.78, 5) is 19.6. The molecule has 0 unspecified atom stereocenters. The van der Waals surface area contributed by atoms with E-state index in [1.54, 1.807) is 13.0 Å². The van der Waals surface area contributed by atoms with E-state index < -0.39 is 5.97 Å². The lowest BCUT2D eigenvalue weighted by atomic mass is 10.4. The van der Waals surface area contributed by atoms with Gasteiger partial charge in [-0.2, -0.15) is 0 Å². The highest BCUT2D eigenvalue weighted by atomic mass is 79.9. The van der Waals surface area contributed by atoms with E-state index in [1.807, 2.05) is 0 Å². The van der Waals surface area contributed by atoms with Crippen LogP contribution in [0.4, 0.5) is 5.82 Å². The standard InChI is InChI=1S/C13H18BrN3O3/c1-3-5-7-19-8-6-15-11-10(14)9-16-12(17-11)13(18)20-4-2/h3,9H,1,4-8H2,2H3,(H,15,16,17). The van der Waals surface area contributed by atoms with Crippen LogP contribution in [-0.2, 0) is 9.47 Å². The Labute approximate surface area is 126 Å². The molecule has 0 spiro atoms. The van der Waals surface area contributed by atoms with Crippen molar-refractivity contribution in [2.45, 2.75) is 13.3 Å². The number of esters is 1. The van der Waals surface area contributed by atoms with Gasteiger partial charge in [0.05, 0.1) is 24.3 Å². The van der Waals surface area contributed by atoms with E-state index in [0.717, 1.165) is 6.42 Å². The smallest absolute Gasteiger partial charge is 0.376 e. The van der Waals surface area contributed by atoms with Gasteiger partial charge in [0.15, 0.2) is 0 Å². The van der Waals surface area contributed by atoms with Crippen LogP contribution in [0.3, 0.4) is 0 Å². The van der Waals surface area contributed by atoms with Crippen molar-refractivity contribution in [1.29, 1.82) is 0 Å². The zero-order valence-corrected chi connectivity index (χ0v) is 13.0. The van der Waals surface area contributed by atoms with Crippen molar-refractivity contribution in [2.75, 3.05) is 31.7 Å². The van der Waals surface area contributed by atoms with E-state index in [1.165, 1.54) is 6.20 Å². The van der Waals surface area contributed by atoms with Crippen molar-refractivity contribution in [2.24, 2.45) is 0 Å². The number of halogens is 1. The molecule has 0 bridgehead atoms. The maximum absolute atomic E-state index is 11.5. The number of carbonyl (C=O) groups excluding carboxylic acids is 1. The third kappa shape index (κ3) is 5.66. The van der Waals surface area contributed by atoms with Gasteiger partial charge in [0.2, 0.25) is 5.82 Å². The minimum atomic E-state index is -0.537. The molecule has 0 aliphatic heterocycles. The van der Waals surface area contributed by atoms with Crippen molar-refractivity contribution in [1.82, 2.24) is 9.97 Å². The maximum Gasteiger partial charge on any atom is 0.376 e. The quantitative estimate of drug-likeness (QED) is 0.421. The zero-order valence-electron chi connectivity index (χ0n) is 11.4. The average molecular weight is 344 g/mol. The second-order valence-corrected chi connectivity index (χ2v) is 4.58. The van der Waals surface area contributed by atoms with Crippen LogP contribution in [0.25, 0.3) is 0 Å². The summed E-state index contributed by atoms with van der Waals surface area (Å²) in [7, 11) is 0. The van der Waals surface area contributed by atoms with Crippen molar-refractivity contribution in [3.8, 4) is 0 Å². The average Bonchev–Trinajstić information content (AvgIpc) is 2.44. The van der Waals surface area contributed by atoms with E-state index in [4.69, 9.17) is 9.47 Å². The number of aromatic nitrogens is 2. The molecule has 6 nitrogen and oxygen atoms in total. The molecule has 0 radical (unpaired) electrons. The molecule has 0 amide bonds. The highest BCUT2D eigenvalue weighted by Crippen LogP contribution is 2.18. The normalized spacial score (nSPS) is 10.1. The molecular formula is C13H18BrN3O3. The van der Waals surface area contributed by atoms with Crippen LogP contribution in [0.5, 0.6) is 0 Å². The Balaban J connectivity index is 2.49. The SMILES string of the molecule is C=CCCOCCNc1nc(C(=O)OCC)ncc1Br. The second kappa shape index (κ2) is 9.44. The van der Waals surface area contributed by atoms with Gasteiger partial charge >= 0.3 is 5.97 Å². The first-order valence-corrected chi connectivity index (χ1v) is 7.10. The van der Waals surface area contributed by atoms with Crippen LogP contribution in [0.1, 0.15) is 24.0 Å². The van der Waals surface area contributed by atoms with Gasteiger partial charge in [-0.05, 0) is 29.3 Å². The number of carbonyl (C=O) groups is 1. The summed E-state index contributed by atoms with van der Waals surface area (Å²) in [6.45, 7) is 7.40. The Morgan fingerprint density at radius 2 is 2.35 bits per heavy atom. The van der Waals surface area contributed by atoms with Gasteiger partial charge in [-0.1, -0.05) is 6.08 Å². The number of anilines is 1. The fourth-order valence-corrected chi connectivity index (χ4v) is 1.63. The number of nitrogens with zero attached hydrogens (tertiary/aromatic N) is 2. The fourth-order valence-electron chi connectivity index (χ4n) is 1.30. The molecule has 0 aliphatic rings. The van der Waals surface area contributed by atoms with Gasteiger partial charge in [0.25, 0.3) is 0 Å². The third-order valence-electron chi connectivity index (χ3n) is 2.21. The van der Waals surface area contributed by atoms with Gasteiger partial charge in [0.1, 0.15) is 5.82 Å². The summed E-state index contributed by atoms with van der Waals surface area (Å²) in [6.07, 6.45) is 4.14. The molecular weight excluding hydrogens is 326 g/mol. The first-order valence-electron chi connectivity index (χ1n) is 6.31. The highest BCUT2D eigenvalue weighted by molar-refractivity contribution is 9.10. The third-order valence-corrected chi connectivity index (χ3v) is 2.79. The van der Waals surface area contributed by atoms with Crippen LogP contribution in [0.2, 0.25) is 0 Å². The summed E-state index contributed by atoms with van der Waals surface area (Å²) < 4.78 is 10.9. The molecule has 1 N–H and O–H groups in total. The lowest BCUT2D eigenvalue weighted by molar-refractivity contribution is 0.0512. The first kappa shape index (κ1) is 16.6. The first-order chi connectivity index (χ1) is 9.69. The minimum absolute atomic E-state index is 0.0325. The molecule has 0 saturated heterocycles. The Kier molecular flexibility index (Phi) is 7.82. The van der Waals surface area contributed by atoms with Gasteiger partial charge in [-0.25, -0.2) is 14.8 Å². The Hall–Kier alpha value is -1.47. The fraction of sp³-hybridized carbons (Fsp3) is 0.462. The van der Waals surface area contributed by atoms with E-state index in [9.17, 15) is 4.79 Å². The Bertz CT molecular complexity index is 454. The lowest BCUT2D eigenvalue weighted by Gasteiger charge is -2.09. The molecule has 20 heavy (non-hydrogen) atoms. The summed E-state index contributed by atoms with van der Waals surface area (Å²) in [5, 5.41) is 3.07. The highest BCUT2D eigenvalue weighted by Gasteiger charge is 2.12. The Morgan fingerprint density at radius 3 is 3.05 bits per heavy atom. The van der Waals surface area contributed by atoms with Crippen molar-refractivity contribution >= 4 is 27.7 Å². The molecule has 0 atom stereocenters. The molecule has 0 aromatic carbocycles. The van der Waals surface area contributed by atoms with Gasteiger partial charge in [-0.15, -0.1) is 6.58 Å². The number of hydrogen-bond donors (Lipinski definition) is 1. The molecule has 0 saturated carbocycles. The number of rotatable bonds is 9. The zero-order chi connectivity index (χ0) is 14.8. The van der Waals surface area contributed by atoms with Crippen LogP contribution in [0.15, 0.2) is 23.3 Å². The molecule has 0 fully saturated rings. The second-order valence-electron chi connectivity index (χ2n) is 3.73. The van der Waals surface area contributed by atoms with Gasteiger partial charge in [0, 0.05) is 12.7 Å². The molecule has 7 heteroatoms. The summed E-state index contributed by atoms with van der Waals surface area (Å²) in [6, 6.07) is 0. The van der Waals surface area contributed by atoms with Crippen molar-refractivity contribution in [3.05, 3.63) is 29.1 Å². The number of nitrogens with one attached hydrogen (secondary N) is 1. The topological polar surface area (TPSA) is 73.3 Å². The van der Waals surface area contributed by atoms with E-state index in [-0.39, 0.29) is 12.4 Å². The number of hydrogen-bond acceptors (Lipinski definition) is 6. The maximum atomic E-state index is 11.5. The minimum Gasteiger partial charge on any atom is -0.460 e. The summed E-state index contributed by atoms with van der Waals surface area (Å²) >= 11 is 3.32. The van der Waals surface area contributed by atoms with Gasteiger partial charge in [-0.3, -0.25) is 0 Å². The predicted molar refractivity (Wildman–Crippen MR) is 79.8 cm³/mol. The van der Waals surface area contributed by atoms with Crippen LogP contribution < -0.4 is 5.32 Å². The van der Waals surface area contributed by atoms with Crippen LogP contribution in [-0.4, -0.2) is 42.3 Å². The Morgan fingerprint density at radius 1 is 1.55 bits per heavy atom. The van der Waals surface area contributed by atoms with E-state index in [0.29, 0.717) is 30.0 Å². The summed E-state index contributed by atoms with van der Waals surface area (Å²) in [5.41, 5.74) is 0. The van der Waals surface area contributed by atoms with Crippen LogP contribution >= 0.6 is 15.9 Å². The van der Waals surface area contributed by atoms with Crippen molar-refractivity contribution in [3.63, 3.8) is 0 Å². The lowest BCUT2D eigenvalue weighted by Crippen LogP contribution is -2.15. The molecule has 1 heterocycles. The molecule has 0 aliphatic carbocycles. The largest absolute Gasteiger partial charge is 0.460 e. The van der Waals surface area contributed by atoms with E-state index in [2.05, 4.69) is 37.8 Å². The molecule has 1 rings (SSSR count). The molecule has 1 aromatic rings. The summed E-state index contributed by atoms with van der Waals surface area (Å²) in [5.74, 6) is 0.0331. The molecule has 1 aromatic heterocycles. The van der Waals surface area contributed by atoms with Crippen LogP contribution in [0, 0.1) is 0 Å². The van der Waals surface area contributed by atoms with Crippen molar-refractivity contribution < 1.29 is 14.3 Å². The molecule has 110 valence electrons.